The summed E-state index contributed by atoms with van der Waals surface area (Å²) < 4.78 is 20.3. The number of H-pyrrole nitrogens is 1. The van der Waals surface area contributed by atoms with E-state index in [0.29, 0.717) is 37.6 Å². The van der Waals surface area contributed by atoms with Gasteiger partial charge in [0.05, 0.1) is 20.0 Å². The fraction of sp³-hybridized carbons (Fsp3) is 0.667. The number of aromatic nitrogens is 4. The predicted molar refractivity (Wildman–Crippen MR) is 109 cm³/mol. The highest BCUT2D eigenvalue weighted by Gasteiger charge is 2.65. The normalized spacial score (nSPS) is 29.5. The lowest BCUT2D eigenvalue weighted by molar-refractivity contribution is -0.234. The molecule has 30 heavy (non-hydrogen) atoms. The third kappa shape index (κ3) is 3.43. The molecule has 2 aliphatic rings. The minimum Gasteiger partial charge on any atom is -0.345 e. The van der Waals surface area contributed by atoms with Crippen molar-refractivity contribution >= 4 is 19.5 Å². The molecule has 0 spiro atoms. The van der Waals surface area contributed by atoms with Crippen molar-refractivity contribution in [2.24, 2.45) is 0 Å². The average Bonchev–Trinajstić information content (AvgIpc) is 3.36. The van der Waals surface area contributed by atoms with E-state index in [1.54, 1.807) is 24.9 Å². The van der Waals surface area contributed by atoms with Gasteiger partial charge in [-0.25, -0.2) is 16.5 Å². The number of nitrogens with one attached hydrogen (secondary N) is 1. The van der Waals surface area contributed by atoms with E-state index in [1.165, 1.54) is 0 Å². The molecule has 2 bridgehead atoms. The van der Waals surface area contributed by atoms with Gasteiger partial charge in [0.1, 0.15) is 30.2 Å². The van der Waals surface area contributed by atoms with E-state index in [0.717, 1.165) is 0 Å². The standard InChI is InChI=1S/C18H25N6O5P/c1-6-18-9-24(26-4)13(14(18)29-30(5)27-8-7-19-3)17(28-18)23-10-20-12-15(23)21-11(2)22-16(12)25/h10,13-14,17H,6-9H2,1-2,4-5H3,(H,21,22,25)/t13-,14+,17+,18+,30?/m0/s1. The zero-order chi connectivity index (χ0) is 21.5. The van der Waals surface area contributed by atoms with Gasteiger partial charge in [-0.3, -0.25) is 9.36 Å². The molecular weight excluding hydrogens is 411 g/mol. The highest BCUT2D eigenvalue weighted by molar-refractivity contribution is 7.46. The van der Waals surface area contributed by atoms with Crippen molar-refractivity contribution in [3.63, 3.8) is 0 Å². The van der Waals surface area contributed by atoms with Crippen LogP contribution in [0.3, 0.4) is 0 Å². The minimum absolute atomic E-state index is 0.263. The summed E-state index contributed by atoms with van der Waals surface area (Å²) in [6, 6.07) is -0.275. The van der Waals surface area contributed by atoms with E-state index >= 15 is 0 Å². The maximum atomic E-state index is 12.3. The summed E-state index contributed by atoms with van der Waals surface area (Å²) >= 11 is 0. The molecule has 2 fully saturated rings. The van der Waals surface area contributed by atoms with Crippen LogP contribution in [0.25, 0.3) is 16.0 Å². The Labute approximate surface area is 175 Å². The van der Waals surface area contributed by atoms with Gasteiger partial charge in [-0.1, -0.05) is 6.92 Å². The fourth-order valence-corrected chi connectivity index (χ4v) is 5.25. The molecule has 0 radical (unpaired) electrons. The average molecular weight is 436 g/mol. The van der Waals surface area contributed by atoms with E-state index in [2.05, 4.69) is 19.8 Å². The van der Waals surface area contributed by atoms with Crippen LogP contribution in [0.5, 0.6) is 0 Å². The van der Waals surface area contributed by atoms with Crippen molar-refractivity contribution in [1.82, 2.24) is 24.6 Å². The second-order valence-corrected chi connectivity index (χ2v) is 8.68. The van der Waals surface area contributed by atoms with Crippen LogP contribution in [0.1, 0.15) is 25.4 Å². The summed E-state index contributed by atoms with van der Waals surface area (Å²) in [7, 11) is 0.423. The lowest BCUT2D eigenvalue weighted by Gasteiger charge is -2.35. The number of ether oxygens (including phenoxy) is 1. The Balaban J connectivity index is 1.68. The molecule has 162 valence electrons. The third-order valence-electron chi connectivity index (χ3n) is 5.63. The molecule has 5 atom stereocenters. The number of morpholine rings is 1. The van der Waals surface area contributed by atoms with Crippen LogP contribution in [-0.4, -0.2) is 75.8 Å². The summed E-state index contributed by atoms with van der Waals surface area (Å²) in [5, 5.41) is 1.86. The maximum absolute atomic E-state index is 12.3. The van der Waals surface area contributed by atoms with Crippen LogP contribution in [0.15, 0.2) is 11.1 Å². The predicted octanol–water partition coefficient (Wildman–Crippen LogP) is 1.61. The van der Waals surface area contributed by atoms with Gasteiger partial charge in [-0.2, -0.15) is 5.06 Å². The SMILES string of the molecule is [C-]#[N+]CCOP(C)O[C@@H]1[C@H]2[C@H](n3cnc4c(=O)[nH]c(C)nc43)O[C@]1(CC)CN2OC. The zero-order valence-corrected chi connectivity index (χ0v) is 18.3. The molecule has 0 saturated carbocycles. The summed E-state index contributed by atoms with van der Waals surface area (Å²) in [4.78, 5) is 32.6. The Kier molecular flexibility index (Phi) is 5.90. The summed E-state index contributed by atoms with van der Waals surface area (Å²) in [5.41, 5.74) is -0.162. The Morgan fingerprint density at radius 1 is 1.53 bits per heavy atom. The van der Waals surface area contributed by atoms with E-state index in [-0.39, 0.29) is 23.2 Å². The number of hydrogen-bond donors (Lipinski definition) is 1. The monoisotopic (exact) mass is 436 g/mol. The van der Waals surface area contributed by atoms with Crippen molar-refractivity contribution in [3.05, 3.63) is 33.9 Å². The molecule has 2 aromatic rings. The Hall–Kier alpha value is -1.93. The number of aryl methyl sites for hydroxylation is 1. The highest BCUT2D eigenvalue weighted by Crippen LogP contribution is 2.54. The number of hydrogen-bond acceptors (Lipinski definition) is 8. The van der Waals surface area contributed by atoms with Crippen molar-refractivity contribution in [3.8, 4) is 0 Å². The highest BCUT2D eigenvalue weighted by atomic mass is 31.2. The molecule has 2 aliphatic heterocycles. The molecule has 4 rings (SSSR count). The number of aromatic amines is 1. The number of fused-ring (bicyclic) bond motifs is 3. The molecule has 0 aromatic carbocycles. The first-order chi connectivity index (χ1) is 14.4. The van der Waals surface area contributed by atoms with E-state index in [4.69, 9.17) is 25.2 Å². The third-order valence-corrected chi connectivity index (χ3v) is 6.70. The molecule has 1 unspecified atom stereocenters. The van der Waals surface area contributed by atoms with Gasteiger partial charge in [0.15, 0.2) is 25.8 Å². The second-order valence-electron chi connectivity index (χ2n) is 7.33. The molecule has 2 saturated heterocycles. The number of hydroxylamine groups is 2. The van der Waals surface area contributed by atoms with Crippen LogP contribution < -0.4 is 5.56 Å². The Bertz CT molecular complexity index is 1020. The van der Waals surface area contributed by atoms with E-state index in [1.807, 2.05) is 18.7 Å². The van der Waals surface area contributed by atoms with Gasteiger partial charge in [-0.15, -0.1) is 0 Å². The van der Waals surface area contributed by atoms with Crippen LogP contribution in [-0.2, 0) is 18.6 Å². The molecule has 1 N–H and O–H groups in total. The number of nitrogens with zero attached hydrogens (tertiary/aromatic N) is 5. The summed E-state index contributed by atoms with van der Waals surface area (Å²) in [6.07, 6.45) is 1.48. The van der Waals surface area contributed by atoms with Crippen LogP contribution in [0, 0.1) is 13.5 Å². The smallest absolute Gasteiger partial charge is 0.279 e. The quantitative estimate of drug-likeness (QED) is 0.378. The first-order valence-corrected chi connectivity index (χ1v) is 11.3. The molecular formula is C18H25N6O5P. The van der Waals surface area contributed by atoms with Crippen molar-refractivity contribution in [2.45, 2.75) is 44.2 Å². The molecule has 4 heterocycles. The molecule has 0 aliphatic carbocycles. The summed E-state index contributed by atoms with van der Waals surface area (Å²) in [5.74, 6) is 0.504. The van der Waals surface area contributed by atoms with Crippen LogP contribution >= 0.6 is 8.38 Å². The van der Waals surface area contributed by atoms with Gasteiger partial charge in [0.2, 0.25) is 6.54 Å². The van der Waals surface area contributed by atoms with Gasteiger partial charge in [0, 0.05) is 6.66 Å². The number of rotatable bonds is 8. The number of imidazole rings is 1. The largest absolute Gasteiger partial charge is 0.345 e. The van der Waals surface area contributed by atoms with E-state index < -0.39 is 20.2 Å². The lowest BCUT2D eigenvalue weighted by Crippen LogP contribution is -2.45. The van der Waals surface area contributed by atoms with Gasteiger partial charge < -0.3 is 28.5 Å². The summed E-state index contributed by atoms with van der Waals surface area (Å²) in [6.45, 7) is 13.7. The van der Waals surface area contributed by atoms with Gasteiger partial charge >= 0.3 is 0 Å². The van der Waals surface area contributed by atoms with Crippen molar-refractivity contribution < 1.29 is 18.6 Å². The maximum Gasteiger partial charge on any atom is 0.279 e. The van der Waals surface area contributed by atoms with Gasteiger partial charge in [0.25, 0.3) is 5.56 Å². The molecule has 2 aromatic heterocycles. The fourth-order valence-electron chi connectivity index (χ4n) is 4.22. The topological polar surface area (TPSA) is 108 Å². The lowest BCUT2D eigenvalue weighted by atomic mass is 9.96. The second kappa shape index (κ2) is 8.30. The van der Waals surface area contributed by atoms with Crippen LogP contribution in [0.2, 0.25) is 0 Å². The molecule has 12 heteroatoms. The minimum atomic E-state index is -1.20. The zero-order valence-electron chi connectivity index (χ0n) is 17.4. The Morgan fingerprint density at radius 3 is 3.03 bits per heavy atom. The van der Waals surface area contributed by atoms with E-state index in [9.17, 15) is 4.79 Å². The molecule has 11 nitrogen and oxygen atoms in total. The Morgan fingerprint density at radius 2 is 2.33 bits per heavy atom. The van der Waals surface area contributed by atoms with Crippen molar-refractivity contribution in [1.29, 1.82) is 0 Å². The van der Waals surface area contributed by atoms with Gasteiger partial charge in [-0.05, 0) is 13.3 Å². The first kappa shape index (κ1) is 21.3. The van der Waals surface area contributed by atoms with Crippen molar-refractivity contribution in [2.75, 3.05) is 33.5 Å². The first-order valence-electron chi connectivity index (χ1n) is 9.72. The molecule has 0 amide bonds. The van der Waals surface area contributed by atoms with Crippen LogP contribution in [0.4, 0.5) is 0 Å².